The number of carbonyl (C=O) groups is 1. The van der Waals surface area contributed by atoms with E-state index in [1.165, 1.54) is 0 Å². The maximum Gasteiger partial charge on any atom is 0.256 e. The van der Waals surface area contributed by atoms with Crippen LogP contribution in [0.15, 0.2) is 67.3 Å². The van der Waals surface area contributed by atoms with Crippen molar-refractivity contribution in [2.75, 3.05) is 5.32 Å². The molecule has 1 amide bonds. The summed E-state index contributed by atoms with van der Waals surface area (Å²) >= 11 is 0. The van der Waals surface area contributed by atoms with Crippen molar-refractivity contribution in [1.29, 1.82) is 0 Å². The third-order valence-corrected chi connectivity index (χ3v) is 4.56. The Morgan fingerprint density at radius 2 is 1.83 bits per heavy atom. The van der Waals surface area contributed by atoms with Crippen molar-refractivity contribution < 1.29 is 9.53 Å². The molecule has 0 aliphatic carbocycles. The Balaban J connectivity index is 1.56. The fourth-order valence-corrected chi connectivity index (χ4v) is 3.15. The van der Waals surface area contributed by atoms with E-state index in [2.05, 4.69) is 21.4 Å². The van der Waals surface area contributed by atoms with Crippen LogP contribution in [0.2, 0.25) is 0 Å². The summed E-state index contributed by atoms with van der Waals surface area (Å²) in [6.45, 7) is 3.93. The minimum absolute atomic E-state index is 0.0905. The number of amides is 1. The molecule has 4 rings (SSSR count). The number of pyridine rings is 1. The summed E-state index contributed by atoms with van der Waals surface area (Å²) in [6, 6.07) is 15.1. The van der Waals surface area contributed by atoms with E-state index in [0.717, 1.165) is 27.8 Å². The van der Waals surface area contributed by atoms with E-state index in [0.29, 0.717) is 11.4 Å². The van der Waals surface area contributed by atoms with Crippen molar-refractivity contribution in [3.63, 3.8) is 0 Å². The number of hydrogen-bond acceptors (Lipinski definition) is 4. The summed E-state index contributed by atoms with van der Waals surface area (Å²) < 4.78 is 7.59. The second kappa shape index (κ2) is 7.75. The van der Waals surface area contributed by atoms with Crippen LogP contribution in [0.1, 0.15) is 24.2 Å². The van der Waals surface area contributed by atoms with E-state index >= 15 is 0 Å². The van der Waals surface area contributed by atoms with Crippen LogP contribution in [0.4, 0.5) is 5.82 Å². The number of aromatic nitrogens is 3. The van der Waals surface area contributed by atoms with Gasteiger partial charge in [-0.15, -0.1) is 0 Å². The van der Waals surface area contributed by atoms with Crippen LogP contribution in [-0.2, 0) is 7.05 Å². The second-order valence-corrected chi connectivity index (χ2v) is 7.17. The third kappa shape index (κ3) is 4.11. The number of fused-ring (bicyclic) bond motifs is 1. The fraction of sp³-hybridized carbons (Fsp3) is 0.174. The summed E-state index contributed by atoms with van der Waals surface area (Å²) in [7, 11) is 1.96. The Hall–Kier alpha value is -3.67. The number of benzene rings is 2. The minimum Gasteiger partial charge on any atom is -0.491 e. The Bertz CT molecular complexity index is 1160. The predicted octanol–water partition coefficient (Wildman–Crippen LogP) is 4.67. The monoisotopic (exact) mass is 386 g/mol. The van der Waals surface area contributed by atoms with E-state index in [1.54, 1.807) is 36.8 Å². The SMILES string of the molecule is CC(C)Oc1ccc(C(=O)Nc2cc3cc(-c4cncn4C)ccc3cn2)cc1. The van der Waals surface area contributed by atoms with Crippen molar-refractivity contribution in [3.05, 3.63) is 72.8 Å². The van der Waals surface area contributed by atoms with Gasteiger partial charge in [-0.25, -0.2) is 9.97 Å². The van der Waals surface area contributed by atoms with Crippen molar-refractivity contribution in [2.45, 2.75) is 20.0 Å². The largest absolute Gasteiger partial charge is 0.491 e. The normalized spacial score (nSPS) is 11.0. The number of nitrogens with one attached hydrogen (secondary N) is 1. The van der Waals surface area contributed by atoms with Crippen LogP contribution in [0, 0.1) is 0 Å². The highest BCUT2D eigenvalue weighted by molar-refractivity contribution is 6.04. The third-order valence-electron chi connectivity index (χ3n) is 4.56. The number of nitrogens with zero attached hydrogens (tertiary/aromatic N) is 3. The zero-order valence-corrected chi connectivity index (χ0v) is 16.6. The molecule has 29 heavy (non-hydrogen) atoms. The van der Waals surface area contributed by atoms with Crippen molar-refractivity contribution >= 4 is 22.5 Å². The molecule has 6 nitrogen and oxygen atoms in total. The summed E-state index contributed by atoms with van der Waals surface area (Å²) in [5, 5.41) is 4.87. The summed E-state index contributed by atoms with van der Waals surface area (Å²) in [5.41, 5.74) is 2.63. The first kappa shape index (κ1) is 18.7. The lowest BCUT2D eigenvalue weighted by molar-refractivity contribution is 0.102. The lowest BCUT2D eigenvalue weighted by Crippen LogP contribution is -2.13. The van der Waals surface area contributed by atoms with Gasteiger partial charge in [-0.3, -0.25) is 4.79 Å². The molecule has 0 saturated carbocycles. The summed E-state index contributed by atoms with van der Waals surface area (Å²) in [6.07, 6.45) is 5.46. The van der Waals surface area contributed by atoms with Gasteiger partial charge in [0, 0.05) is 29.8 Å². The Labute approximate surface area is 169 Å². The Morgan fingerprint density at radius 3 is 2.52 bits per heavy atom. The molecule has 0 bridgehead atoms. The highest BCUT2D eigenvalue weighted by atomic mass is 16.5. The van der Waals surface area contributed by atoms with Gasteiger partial charge in [-0.05, 0) is 55.6 Å². The zero-order valence-electron chi connectivity index (χ0n) is 16.6. The van der Waals surface area contributed by atoms with E-state index in [-0.39, 0.29) is 12.0 Å². The van der Waals surface area contributed by atoms with Crippen LogP contribution >= 0.6 is 0 Å². The molecule has 146 valence electrons. The summed E-state index contributed by atoms with van der Waals surface area (Å²) in [4.78, 5) is 21.1. The molecule has 2 aromatic heterocycles. The topological polar surface area (TPSA) is 69.0 Å². The van der Waals surface area contributed by atoms with Gasteiger partial charge < -0.3 is 14.6 Å². The molecule has 0 radical (unpaired) electrons. The Morgan fingerprint density at radius 1 is 1.03 bits per heavy atom. The molecular formula is C23H22N4O2. The van der Waals surface area contributed by atoms with Crippen LogP contribution in [-0.4, -0.2) is 26.5 Å². The maximum absolute atomic E-state index is 12.6. The molecule has 0 aliphatic rings. The predicted molar refractivity (Wildman–Crippen MR) is 114 cm³/mol. The highest BCUT2D eigenvalue weighted by Gasteiger charge is 2.09. The van der Waals surface area contributed by atoms with Gasteiger partial charge in [0.15, 0.2) is 0 Å². The smallest absolute Gasteiger partial charge is 0.256 e. The molecule has 0 aliphatic heterocycles. The molecule has 4 aromatic rings. The van der Waals surface area contributed by atoms with Crippen LogP contribution in [0.5, 0.6) is 5.75 Å². The fourth-order valence-electron chi connectivity index (χ4n) is 3.15. The van der Waals surface area contributed by atoms with Crippen LogP contribution < -0.4 is 10.1 Å². The van der Waals surface area contributed by atoms with Crippen molar-refractivity contribution in [2.24, 2.45) is 7.05 Å². The second-order valence-electron chi connectivity index (χ2n) is 7.17. The van der Waals surface area contributed by atoms with Crippen molar-refractivity contribution in [1.82, 2.24) is 14.5 Å². The molecule has 6 heteroatoms. The summed E-state index contributed by atoms with van der Waals surface area (Å²) in [5.74, 6) is 1.03. The number of anilines is 1. The number of imidazole rings is 1. The first-order chi connectivity index (χ1) is 14.0. The van der Waals surface area contributed by atoms with Crippen LogP contribution in [0.25, 0.3) is 22.0 Å². The number of aryl methyl sites for hydroxylation is 1. The number of rotatable bonds is 5. The van der Waals surface area contributed by atoms with Gasteiger partial charge in [0.05, 0.1) is 24.3 Å². The molecule has 2 heterocycles. The quantitative estimate of drug-likeness (QED) is 0.541. The lowest BCUT2D eigenvalue weighted by atomic mass is 10.1. The standard InChI is InChI=1S/C23H22N4O2/c1-15(2)29-20-8-6-16(7-9-20)23(28)26-22-11-19-10-17(4-5-18(19)12-25-22)21-13-24-14-27(21)3/h4-15H,1-3H3,(H,25,26,28). The minimum atomic E-state index is -0.212. The first-order valence-corrected chi connectivity index (χ1v) is 9.44. The Kier molecular flexibility index (Phi) is 4.99. The molecular weight excluding hydrogens is 364 g/mol. The zero-order chi connectivity index (χ0) is 20.4. The van der Waals surface area contributed by atoms with E-state index in [9.17, 15) is 4.79 Å². The molecule has 0 spiro atoms. The van der Waals surface area contributed by atoms with Crippen LogP contribution in [0.3, 0.4) is 0 Å². The van der Waals surface area contributed by atoms with Crippen molar-refractivity contribution in [3.8, 4) is 17.0 Å². The molecule has 0 fully saturated rings. The molecule has 2 aromatic carbocycles. The highest BCUT2D eigenvalue weighted by Crippen LogP contribution is 2.25. The average Bonchev–Trinajstić information content (AvgIpc) is 3.13. The average molecular weight is 386 g/mol. The van der Waals surface area contributed by atoms with Gasteiger partial charge in [0.25, 0.3) is 5.91 Å². The lowest BCUT2D eigenvalue weighted by Gasteiger charge is -2.10. The van der Waals surface area contributed by atoms with Gasteiger partial charge in [-0.1, -0.05) is 12.1 Å². The molecule has 0 unspecified atom stereocenters. The number of hydrogen-bond donors (Lipinski definition) is 1. The van der Waals surface area contributed by atoms with Gasteiger partial charge in [0.2, 0.25) is 0 Å². The van der Waals surface area contributed by atoms with E-state index in [4.69, 9.17) is 4.74 Å². The molecule has 0 atom stereocenters. The number of carbonyl (C=O) groups excluding carboxylic acids is 1. The molecule has 1 N–H and O–H groups in total. The first-order valence-electron chi connectivity index (χ1n) is 9.44. The van der Waals surface area contributed by atoms with Gasteiger partial charge >= 0.3 is 0 Å². The molecule has 0 saturated heterocycles. The van der Waals surface area contributed by atoms with Gasteiger partial charge in [-0.2, -0.15) is 0 Å². The maximum atomic E-state index is 12.6. The van der Waals surface area contributed by atoms with E-state index < -0.39 is 0 Å². The van der Waals surface area contributed by atoms with Gasteiger partial charge in [0.1, 0.15) is 11.6 Å². The number of ether oxygens (including phenoxy) is 1. The van der Waals surface area contributed by atoms with E-state index in [1.807, 2.05) is 49.9 Å².